The van der Waals surface area contributed by atoms with Crippen molar-refractivity contribution >= 4 is 21.8 Å². The molecule has 2 rings (SSSR count). The van der Waals surface area contributed by atoms with Crippen LogP contribution in [0.1, 0.15) is 16.8 Å². The third-order valence-electron chi connectivity index (χ3n) is 3.23. The molecule has 0 saturated carbocycles. The van der Waals surface area contributed by atoms with E-state index in [2.05, 4.69) is 26.1 Å². The third-order valence-corrected chi connectivity index (χ3v) is 3.89. The molecule has 0 spiro atoms. The van der Waals surface area contributed by atoms with Crippen molar-refractivity contribution in [2.24, 2.45) is 0 Å². The van der Waals surface area contributed by atoms with Gasteiger partial charge in [-0.25, -0.2) is 4.39 Å². The fourth-order valence-corrected chi connectivity index (χ4v) is 2.65. The van der Waals surface area contributed by atoms with Gasteiger partial charge in [-0.2, -0.15) is 0 Å². The Hall–Kier alpha value is -0.980. The average Bonchev–Trinajstić information content (AvgIpc) is 2.44. The molecular weight excluding hydrogens is 327 g/mol. The quantitative estimate of drug-likeness (QED) is 0.831. The Morgan fingerprint density at radius 1 is 1.40 bits per heavy atom. The van der Waals surface area contributed by atoms with Crippen LogP contribution >= 0.6 is 15.9 Å². The summed E-state index contributed by atoms with van der Waals surface area (Å²) < 4.78 is 19.3. The van der Waals surface area contributed by atoms with Crippen LogP contribution in [0.4, 0.5) is 4.39 Å². The van der Waals surface area contributed by atoms with Crippen molar-refractivity contribution in [1.29, 1.82) is 0 Å². The summed E-state index contributed by atoms with van der Waals surface area (Å²) in [5, 5.41) is 2.75. The van der Waals surface area contributed by atoms with Crippen LogP contribution in [0.25, 0.3) is 0 Å². The Labute approximate surface area is 126 Å². The summed E-state index contributed by atoms with van der Waals surface area (Å²) in [5.41, 5.74) is 0.0684. The molecule has 1 aliphatic rings. The fraction of sp³-hybridized carbons (Fsp3) is 0.500. The molecule has 1 saturated heterocycles. The Kier molecular flexibility index (Phi) is 5.94. The van der Waals surface area contributed by atoms with Crippen LogP contribution in [0.15, 0.2) is 22.7 Å². The molecule has 1 aromatic carbocycles. The summed E-state index contributed by atoms with van der Waals surface area (Å²) in [5.74, 6) is -0.887. The van der Waals surface area contributed by atoms with E-state index in [-0.39, 0.29) is 11.5 Å². The van der Waals surface area contributed by atoms with Gasteiger partial charge in [-0.15, -0.1) is 0 Å². The highest BCUT2D eigenvalue weighted by Crippen LogP contribution is 2.19. The van der Waals surface area contributed by atoms with Crippen LogP contribution in [0, 0.1) is 5.82 Å². The molecule has 1 fully saturated rings. The van der Waals surface area contributed by atoms with Gasteiger partial charge in [0.15, 0.2) is 0 Å². The minimum absolute atomic E-state index is 0.0684. The Bertz CT molecular complexity index is 444. The fourth-order valence-electron chi connectivity index (χ4n) is 2.13. The molecule has 1 amide bonds. The number of carbonyl (C=O) groups is 1. The average molecular weight is 345 g/mol. The first-order chi connectivity index (χ1) is 9.68. The van der Waals surface area contributed by atoms with Crippen LogP contribution in [-0.2, 0) is 4.74 Å². The van der Waals surface area contributed by atoms with Crippen LogP contribution in [0.3, 0.4) is 0 Å². The Morgan fingerprint density at radius 3 is 2.85 bits per heavy atom. The van der Waals surface area contributed by atoms with Gasteiger partial charge in [0.2, 0.25) is 0 Å². The van der Waals surface area contributed by atoms with E-state index < -0.39 is 5.82 Å². The number of rotatable bonds is 5. The van der Waals surface area contributed by atoms with Gasteiger partial charge in [0.05, 0.1) is 18.8 Å². The lowest BCUT2D eigenvalue weighted by atomic mass is 10.2. The lowest BCUT2D eigenvalue weighted by Crippen LogP contribution is -2.38. The van der Waals surface area contributed by atoms with Gasteiger partial charge in [0, 0.05) is 24.1 Å². The molecule has 4 nitrogen and oxygen atoms in total. The van der Waals surface area contributed by atoms with Crippen molar-refractivity contribution < 1.29 is 13.9 Å². The van der Waals surface area contributed by atoms with Gasteiger partial charge < -0.3 is 10.1 Å². The minimum Gasteiger partial charge on any atom is -0.379 e. The smallest absolute Gasteiger partial charge is 0.255 e. The summed E-state index contributed by atoms with van der Waals surface area (Å²) >= 11 is 3.20. The normalized spacial score (nSPS) is 16.1. The van der Waals surface area contributed by atoms with Crippen LogP contribution in [-0.4, -0.2) is 50.2 Å². The lowest BCUT2D eigenvalue weighted by Gasteiger charge is -2.26. The summed E-state index contributed by atoms with van der Waals surface area (Å²) in [6.45, 7) is 4.88. The number of halogens is 2. The molecular formula is C14H18BrFN2O2. The zero-order valence-corrected chi connectivity index (χ0v) is 12.8. The van der Waals surface area contributed by atoms with E-state index in [0.29, 0.717) is 11.0 Å². The van der Waals surface area contributed by atoms with E-state index in [9.17, 15) is 9.18 Å². The van der Waals surface area contributed by atoms with Crippen LogP contribution < -0.4 is 5.32 Å². The summed E-state index contributed by atoms with van der Waals surface area (Å²) in [6.07, 6.45) is 0.845. The van der Waals surface area contributed by atoms with Crippen molar-refractivity contribution in [3.63, 3.8) is 0 Å². The second kappa shape index (κ2) is 7.71. The molecule has 0 aliphatic carbocycles. The minimum atomic E-state index is -0.509. The van der Waals surface area contributed by atoms with E-state index in [1.165, 1.54) is 6.07 Å². The zero-order valence-electron chi connectivity index (χ0n) is 11.2. The highest BCUT2D eigenvalue weighted by atomic mass is 79.9. The number of benzene rings is 1. The highest BCUT2D eigenvalue weighted by molar-refractivity contribution is 9.10. The van der Waals surface area contributed by atoms with Crippen LogP contribution in [0.2, 0.25) is 0 Å². The first-order valence-corrected chi connectivity index (χ1v) is 7.50. The molecule has 1 aromatic rings. The molecule has 0 radical (unpaired) electrons. The van der Waals surface area contributed by atoms with E-state index in [0.717, 1.165) is 39.3 Å². The summed E-state index contributed by atoms with van der Waals surface area (Å²) in [7, 11) is 0. The lowest BCUT2D eigenvalue weighted by molar-refractivity contribution is 0.0374. The number of nitrogens with one attached hydrogen (secondary N) is 1. The molecule has 20 heavy (non-hydrogen) atoms. The number of hydrogen-bond acceptors (Lipinski definition) is 3. The second-order valence-electron chi connectivity index (χ2n) is 4.66. The SMILES string of the molecule is O=C(NCCCN1CCOCC1)c1c(F)cccc1Br. The number of carbonyl (C=O) groups excluding carboxylic acids is 1. The largest absolute Gasteiger partial charge is 0.379 e. The maximum atomic E-state index is 13.6. The molecule has 6 heteroatoms. The van der Waals surface area contributed by atoms with E-state index in [1.807, 2.05) is 0 Å². The van der Waals surface area contributed by atoms with Gasteiger partial charge in [0.25, 0.3) is 5.91 Å². The van der Waals surface area contributed by atoms with Crippen LogP contribution in [0.5, 0.6) is 0 Å². The van der Waals surface area contributed by atoms with Crippen molar-refractivity contribution in [1.82, 2.24) is 10.2 Å². The summed E-state index contributed by atoms with van der Waals surface area (Å²) in [4.78, 5) is 14.2. The van der Waals surface area contributed by atoms with Gasteiger partial charge >= 0.3 is 0 Å². The summed E-state index contributed by atoms with van der Waals surface area (Å²) in [6, 6.07) is 4.51. The zero-order chi connectivity index (χ0) is 14.4. The molecule has 1 N–H and O–H groups in total. The molecule has 1 heterocycles. The third kappa shape index (κ3) is 4.26. The van der Waals surface area contributed by atoms with Gasteiger partial charge in [0.1, 0.15) is 5.82 Å². The highest BCUT2D eigenvalue weighted by Gasteiger charge is 2.15. The van der Waals surface area contributed by atoms with E-state index >= 15 is 0 Å². The number of hydrogen-bond donors (Lipinski definition) is 1. The standard InChI is InChI=1S/C14H18BrFN2O2/c15-11-3-1-4-12(16)13(11)14(19)17-5-2-6-18-7-9-20-10-8-18/h1,3-4H,2,5-10H2,(H,17,19). The van der Waals surface area contributed by atoms with Crippen molar-refractivity contribution in [2.45, 2.75) is 6.42 Å². The maximum Gasteiger partial charge on any atom is 0.255 e. The number of ether oxygens (including phenoxy) is 1. The van der Waals surface area contributed by atoms with Gasteiger partial charge in [-0.3, -0.25) is 9.69 Å². The maximum absolute atomic E-state index is 13.6. The van der Waals surface area contributed by atoms with E-state index in [1.54, 1.807) is 12.1 Å². The number of morpholine rings is 1. The molecule has 0 unspecified atom stereocenters. The number of nitrogens with zero attached hydrogens (tertiary/aromatic N) is 1. The van der Waals surface area contributed by atoms with Gasteiger partial charge in [-0.1, -0.05) is 6.07 Å². The Morgan fingerprint density at radius 2 is 2.15 bits per heavy atom. The topological polar surface area (TPSA) is 41.6 Å². The van der Waals surface area contributed by atoms with Crippen molar-refractivity contribution in [2.75, 3.05) is 39.4 Å². The molecule has 0 atom stereocenters. The first kappa shape index (κ1) is 15.4. The predicted molar refractivity (Wildman–Crippen MR) is 78.3 cm³/mol. The second-order valence-corrected chi connectivity index (χ2v) is 5.51. The Balaban J connectivity index is 1.75. The van der Waals surface area contributed by atoms with Crippen molar-refractivity contribution in [3.05, 3.63) is 34.1 Å². The molecule has 0 aromatic heterocycles. The predicted octanol–water partition coefficient (Wildman–Crippen LogP) is 2.04. The molecule has 0 bridgehead atoms. The van der Waals surface area contributed by atoms with Crippen molar-refractivity contribution in [3.8, 4) is 0 Å². The number of amides is 1. The monoisotopic (exact) mass is 344 g/mol. The molecule has 1 aliphatic heterocycles. The van der Waals surface area contributed by atoms with Gasteiger partial charge in [-0.05, 0) is 41.0 Å². The molecule has 110 valence electrons. The first-order valence-electron chi connectivity index (χ1n) is 6.71. The van der Waals surface area contributed by atoms with E-state index in [4.69, 9.17) is 4.74 Å².